The third kappa shape index (κ3) is 4.76. The summed E-state index contributed by atoms with van der Waals surface area (Å²) in [6.07, 6.45) is 15.0. The molecule has 0 spiro atoms. The zero-order valence-corrected chi connectivity index (χ0v) is 29.5. The number of aromatic carboxylic acids is 1. The van der Waals surface area contributed by atoms with Gasteiger partial charge in [0.25, 0.3) is 0 Å². The third-order valence-corrected chi connectivity index (χ3v) is 15.5. The Balaban J connectivity index is 1.20. The molecule has 5 aliphatic carbocycles. The lowest BCUT2D eigenvalue weighted by Crippen LogP contribution is -2.67. The minimum atomic E-state index is -0.872. The van der Waals surface area contributed by atoms with Crippen molar-refractivity contribution in [3.63, 3.8) is 0 Å². The first-order chi connectivity index (χ1) is 22.2. The van der Waals surface area contributed by atoms with Gasteiger partial charge in [0, 0.05) is 18.3 Å². The summed E-state index contributed by atoms with van der Waals surface area (Å²) in [5.74, 6) is 1.68. The Morgan fingerprint density at radius 1 is 0.957 bits per heavy atom. The molecule has 9 atom stereocenters. The molecule has 1 aromatic carbocycles. The predicted octanol–water partition coefficient (Wildman–Crippen LogP) is 10.1. The summed E-state index contributed by atoms with van der Waals surface area (Å²) in [6.45, 7) is 20.4. The van der Waals surface area contributed by atoms with E-state index in [1.807, 2.05) is 18.2 Å². The van der Waals surface area contributed by atoms with Crippen molar-refractivity contribution in [3.05, 3.63) is 83.5 Å². The minimum Gasteiger partial charge on any atom is -0.478 e. The maximum absolute atomic E-state index is 14.0. The summed E-state index contributed by atoms with van der Waals surface area (Å²) < 4.78 is 14.0. The maximum atomic E-state index is 14.0. The predicted molar refractivity (Wildman–Crippen MR) is 187 cm³/mol. The quantitative estimate of drug-likeness (QED) is 0.244. The number of carboxylic acid groups (broad SMARTS) is 1. The van der Waals surface area contributed by atoms with Crippen LogP contribution >= 0.6 is 0 Å². The number of carboxylic acids is 1. The zero-order chi connectivity index (χ0) is 33.6. The molecule has 0 aliphatic heterocycles. The summed E-state index contributed by atoms with van der Waals surface area (Å²) in [6, 6.07) is 11.1. The van der Waals surface area contributed by atoms with E-state index in [1.54, 1.807) is 24.4 Å². The Morgan fingerprint density at radius 2 is 1.70 bits per heavy atom. The molecule has 5 heteroatoms. The van der Waals surface area contributed by atoms with Gasteiger partial charge in [-0.25, -0.2) is 9.78 Å². The third-order valence-electron chi connectivity index (χ3n) is 15.5. The number of benzene rings is 1. The smallest absolute Gasteiger partial charge is 0.335 e. The summed E-state index contributed by atoms with van der Waals surface area (Å²) in [5.41, 5.74) is 6.02. The zero-order valence-electron chi connectivity index (χ0n) is 29.5. The van der Waals surface area contributed by atoms with Crippen molar-refractivity contribution in [1.29, 1.82) is 0 Å². The van der Waals surface area contributed by atoms with Crippen LogP contribution in [0.25, 0.3) is 5.57 Å². The number of halogens is 1. The van der Waals surface area contributed by atoms with Gasteiger partial charge in [-0.1, -0.05) is 65.0 Å². The largest absolute Gasteiger partial charge is 0.478 e. The van der Waals surface area contributed by atoms with Crippen molar-refractivity contribution in [2.75, 3.05) is 0 Å². The first kappa shape index (κ1) is 32.7. The summed E-state index contributed by atoms with van der Waals surface area (Å²) >= 11 is 0. The highest BCUT2D eigenvalue weighted by atomic mass is 19.1. The average Bonchev–Trinajstić information content (AvgIpc) is 3.41. The monoisotopic (exact) mass is 638 g/mol. The van der Waals surface area contributed by atoms with Gasteiger partial charge in [-0.3, -0.25) is 0 Å². The van der Waals surface area contributed by atoms with Gasteiger partial charge in [0.05, 0.1) is 5.56 Å². The highest BCUT2D eigenvalue weighted by Gasteiger charge is 2.70. The molecule has 0 bridgehead atoms. The van der Waals surface area contributed by atoms with Crippen LogP contribution in [0.2, 0.25) is 0 Å². The molecule has 7 rings (SSSR count). The lowest BCUT2D eigenvalue weighted by Gasteiger charge is -2.72. The number of aromatic nitrogens is 1. The molecule has 4 saturated carbocycles. The van der Waals surface area contributed by atoms with Crippen molar-refractivity contribution >= 4 is 11.5 Å². The SMILES string of the molecule is C=C(C)[C@@H]1CC[C@]2(NCc3ccnc(F)c3)CC[C@]3(C)[C@H](CCC4[C@@]5(C)CC=C(c6ccc(C(=O)O)cc6)C(C)(C)C5CC[C@]43C)C12. The maximum Gasteiger partial charge on any atom is 0.335 e. The number of carbonyl (C=O) groups is 1. The van der Waals surface area contributed by atoms with Gasteiger partial charge in [0.2, 0.25) is 5.95 Å². The molecule has 252 valence electrons. The molecule has 4 nitrogen and oxygen atoms in total. The molecule has 0 saturated heterocycles. The first-order valence-corrected chi connectivity index (χ1v) is 18.2. The fraction of sp³-hybridized carbons (Fsp3) is 0.619. The van der Waals surface area contributed by atoms with Gasteiger partial charge in [0.15, 0.2) is 0 Å². The summed E-state index contributed by atoms with van der Waals surface area (Å²) in [5, 5.41) is 13.5. The van der Waals surface area contributed by atoms with Gasteiger partial charge >= 0.3 is 5.97 Å². The molecule has 2 N–H and O–H groups in total. The van der Waals surface area contributed by atoms with E-state index in [4.69, 9.17) is 0 Å². The van der Waals surface area contributed by atoms with Crippen molar-refractivity contribution in [1.82, 2.24) is 10.3 Å². The Bertz CT molecular complexity index is 1610. The molecule has 1 heterocycles. The second-order valence-electron chi connectivity index (χ2n) is 17.6. The van der Waals surface area contributed by atoms with E-state index in [0.717, 1.165) is 12.0 Å². The van der Waals surface area contributed by atoms with E-state index in [0.29, 0.717) is 41.7 Å². The lowest BCUT2D eigenvalue weighted by molar-refractivity contribution is -0.219. The fourth-order valence-electron chi connectivity index (χ4n) is 13.2. The van der Waals surface area contributed by atoms with Crippen LogP contribution in [0.1, 0.15) is 121 Å². The standard InChI is InChI=1S/C42H55FN2O2/c1-26(2)30-14-20-42(45-25-27-17-23-44-35(43)24-27)22-21-40(6)32(36(30)42)12-13-34-39(5)18-15-31(28-8-10-29(11-9-28)37(46)47)38(3,4)33(39)16-19-41(34,40)7/h8-11,15,17,23-24,30,32-34,36,45H,1,12-14,16,18-22,25H2,2-7H3,(H,46,47)/t30-,32+,33?,34?,36?,39-,40+,41+,42-/m0/s1. The van der Waals surface area contributed by atoms with E-state index in [9.17, 15) is 14.3 Å². The molecule has 2 aromatic rings. The van der Waals surface area contributed by atoms with Gasteiger partial charge < -0.3 is 10.4 Å². The van der Waals surface area contributed by atoms with Gasteiger partial charge in [-0.15, -0.1) is 0 Å². The molecule has 47 heavy (non-hydrogen) atoms. The van der Waals surface area contributed by atoms with E-state index in [-0.39, 0.29) is 27.2 Å². The van der Waals surface area contributed by atoms with E-state index >= 15 is 0 Å². The second kappa shape index (κ2) is 11.1. The number of rotatable bonds is 6. The fourth-order valence-corrected chi connectivity index (χ4v) is 13.2. The molecule has 0 radical (unpaired) electrons. The molecule has 4 fully saturated rings. The van der Waals surface area contributed by atoms with E-state index < -0.39 is 11.9 Å². The molecular formula is C42H55FN2O2. The Hall–Kier alpha value is -2.79. The number of hydrogen-bond donors (Lipinski definition) is 2. The Kier molecular flexibility index (Phi) is 7.75. The molecular weight excluding hydrogens is 583 g/mol. The second-order valence-corrected chi connectivity index (χ2v) is 17.6. The summed E-state index contributed by atoms with van der Waals surface area (Å²) in [7, 11) is 0. The molecule has 0 amide bonds. The van der Waals surface area contributed by atoms with Gasteiger partial charge in [-0.2, -0.15) is 4.39 Å². The Morgan fingerprint density at radius 3 is 2.38 bits per heavy atom. The number of hydrogen-bond acceptors (Lipinski definition) is 3. The van der Waals surface area contributed by atoms with Crippen LogP contribution in [0.15, 0.2) is 60.8 Å². The minimum absolute atomic E-state index is 0.00535. The highest BCUT2D eigenvalue weighted by Crippen LogP contribution is 2.76. The topological polar surface area (TPSA) is 62.2 Å². The van der Waals surface area contributed by atoms with Crippen LogP contribution in [0.4, 0.5) is 4.39 Å². The molecule has 5 aliphatic rings. The normalized spacial score (nSPS) is 40.3. The molecule has 3 unspecified atom stereocenters. The summed E-state index contributed by atoms with van der Waals surface area (Å²) in [4.78, 5) is 15.3. The van der Waals surface area contributed by atoms with Gasteiger partial charge in [-0.05, 0) is 157 Å². The Labute approximate surface area is 281 Å². The van der Waals surface area contributed by atoms with Crippen LogP contribution < -0.4 is 5.32 Å². The van der Waals surface area contributed by atoms with E-state index in [2.05, 4.69) is 64.5 Å². The number of nitrogens with one attached hydrogen (secondary N) is 1. The van der Waals surface area contributed by atoms with Crippen molar-refractivity contribution in [2.24, 2.45) is 51.2 Å². The first-order valence-electron chi connectivity index (χ1n) is 18.2. The van der Waals surface area contributed by atoms with Crippen molar-refractivity contribution < 1.29 is 14.3 Å². The van der Waals surface area contributed by atoms with Crippen LogP contribution in [0.3, 0.4) is 0 Å². The van der Waals surface area contributed by atoms with Crippen LogP contribution in [0, 0.1) is 57.2 Å². The van der Waals surface area contributed by atoms with E-state index in [1.165, 1.54) is 68.1 Å². The van der Waals surface area contributed by atoms with Crippen LogP contribution in [0.5, 0.6) is 0 Å². The average molecular weight is 639 g/mol. The van der Waals surface area contributed by atoms with Crippen LogP contribution in [-0.2, 0) is 6.54 Å². The van der Waals surface area contributed by atoms with Crippen molar-refractivity contribution in [3.8, 4) is 0 Å². The highest BCUT2D eigenvalue weighted by molar-refractivity contribution is 5.88. The van der Waals surface area contributed by atoms with Crippen LogP contribution in [-0.4, -0.2) is 21.6 Å². The van der Waals surface area contributed by atoms with Crippen molar-refractivity contribution in [2.45, 2.75) is 111 Å². The lowest BCUT2D eigenvalue weighted by atomic mass is 9.33. The number of fused-ring (bicyclic) bond motifs is 7. The van der Waals surface area contributed by atoms with Gasteiger partial charge in [0.1, 0.15) is 0 Å². The number of allylic oxidation sites excluding steroid dienone is 3. The number of pyridine rings is 1. The molecule has 1 aromatic heterocycles. The number of nitrogens with zero attached hydrogens (tertiary/aromatic N) is 1.